The first kappa shape index (κ1) is 15.7. The van der Waals surface area contributed by atoms with E-state index < -0.39 is 18.3 Å². The third kappa shape index (κ3) is 4.68. The van der Waals surface area contributed by atoms with Crippen LogP contribution in [0.25, 0.3) is 0 Å². The number of ether oxygens (including phenoxy) is 1. The van der Waals surface area contributed by atoms with E-state index >= 15 is 0 Å². The Bertz CT molecular complexity index is 507. The Morgan fingerprint density at radius 3 is 2.38 bits per heavy atom. The molecule has 1 aromatic rings. The summed E-state index contributed by atoms with van der Waals surface area (Å²) in [5.41, 5.74) is 5.58. The molecule has 7 heteroatoms. The molecule has 0 atom stereocenters. The number of rotatable bonds is 4. The van der Waals surface area contributed by atoms with Gasteiger partial charge in [-0.3, -0.25) is 0 Å². The van der Waals surface area contributed by atoms with Crippen LogP contribution < -0.4 is 15.4 Å². The average molecular weight is 303 g/mol. The Kier molecular flexibility index (Phi) is 3.95. The maximum absolute atomic E-state index is 12.7. The van der Waals surface area contributed by atoms with Crippen molar-refractivity contribution < 1.29 is 17.9 Å². The number of halogens is 3. The number of nitrogen functional groups attached to an aromatic ring is 1. The molecule has 0 radical (unpaired) electrons. The third-order valence-corrected chi connectivity index (χ3v) is 2.91. The highest BCUT2D eigenvalue weighted by atomic mass is 19.4. The van der Waals surface area contributed by atoms with Crippen LogP contribution in [0.3, 0.4) is 0 Å². The predicted octanol–water partition coefficient (Wildman–Crippen LogP) is 3.37. The van der Waals surface area contributed by atoms with Gasteiger partial charge in [0.2, 0.25) is 5.88 Å². The van der Waals surface area contributed by atoms with Gasteiger partial charge in [0, 0.05) is 6.04 Å². The summed E-state index contributed by atoms with van der Waals surface area (Å²) in [6.07, 6.45) is -2.77. The molecule has 0 spiro atoms. The van der Waals surface area contributed by atoms with Gasteiger partial charge in [0.25, 0.3) is 0 Å². The minimum atomic E-state index is -4.27. The maximum atomic E-state index is 12.7. The SMILES string of the molecule is CC(C)(C)Oc1nc(N(CC(F)(F)F)C2CC2)ccc1N. The van der Waals surface area contributed by atoms with E-state index in [1.165, 1.54) is 17.0 Å². The van der Waals surface area contributed by atoms with Crippen LogP contribution >= 0.6 is 0 Å². The Morgan fingerprint density at radius 2 is 1.90 bits per heavy atom. The number of anilines is 2. The lowest BCUT2D eigenvalue weighted by molar-refractivity contribution is -0.120. The van der Waals surface area contributed by atoms with Crippen LogP contribution in [0.1, 0.15) is 33.6 Å². The van der Waals surface area contributed by atoms with Crippen molar-refractivity contribution in [3.8, 4) is 5.88 Å². The quantitative estimate of drug-likeness (QED) is 0.926. The molecule has 118 valence electrons. The molecule has 0 saturated heterocycles. The number of hydrogen-bond donors (Lipinski definition) is 1. The van der Waals surface area contributed by atoms with Crippen molar-refractivity contribution in [1.82, 2.24) is 4.98 Å². The van der Waals surface area contributed by atoms with E-state index in [1.54, 1.807) is 0 Å². The van der Waals surface area contributed by atoms with Gasteiger partial charge < -0.3 is 15.4 Å². The van der Waals surface area contributed by atoms with Gasteiger partial charge in [-0.05, 0) is 45.7 Å². The molecule has 1 aliphatic rings. The third-order valence-electron chi connectivity index (χ3n) is 2.91. The van der Waals surface area contributed by atoms with E-state index in [1.807, 2.05) is 20.8 Å². The van der Waals surface area contributed by atoms with Gasteiger partial charge in [-0.15, -0.1) is 0 Å². The molecule has 2 N–H and O–H groups in total. The summed E-state index contributed by atoms with van der Waals surface area (Å²) >= 11 is 0. The number of pyridine rings is 1. The van der Waals surface area contributed by atoms with Crippen molar-refractivity contribution >= 4 is 11.5 Å². The zero-order valence-electron chi connectivity index (χ0n) is 12.4. The minimum Gasteiger partial charge on any atom is -0.470 e. The van der Waals surface area contributed by atoms with E-state index in [2.05, 4.69) is 4.98 Å². The molecule has 0 unspecified atom stereocenters. The lowest BCUT2D eigenvalue weighted by Crippen LogP contribution is -2.36. The van der Waals surface area contributed by atoms with Crippen LogP contribution in [0.2, 0.25) is 0 Å². The summed E-state index contributed by atoms with van der Waals surface area (Å²) in [5, 5.41) is 0. The summed E-state index contributed by atoms with van der Waals surface area (Å²) < 4.78 is 43.7. The van der Waals surface area contributed by atoms with E-state index in [-0.39, 0.29) is 17.7 Å². The van der Waals surface area contributed by atoms with Crippen molar-refractivity contribution in [3.05, 3.63) is 12.1 Å². The van der Waals surface area contributed by atoms with Crippen LogP contribution in [0.4, 0.5) is 24.7 Å². The molecule has 0 bridgehead atoms. The van der Waals surface area contributed by atoms with Crippen LogP contribution in [-0.4, -0.2) is 29.3 Å². The highest BCUT2D eigenvalue weighted by molar-refractivity contribution is 5.55. The van der Waals surface area contributed by atoms with Crippen LogP contribution in [0.15, 0.2) is 12.1 Å². The molecular weight excluding hydrogens is 283 g/mol. The summed E-state index contributed by atoms with van der Waals surface area (Å²) in [5.74, 6) is 0.427. The molecule has 21 heavy (non-hydrogen) atoms. The Hall–Kier alpha value is -1.66. The van der Waals surface area contributed by atoms with Crippen molar-refractivity contribution in [3.63, 3.8) is 0 Å². The van der Waals surface area contributed by atoms with Gasteiger partial charge >= 0.3 is 6.18 Å². The van der Waals surface area contributed by atoms with Gasteiger partial charge in [-0.1, -0.05) is 0 Å². The first-order chi connectivity index (χ1) is 9.55. The first-order valence-electron chi connectivity index (χ1n) is 6.84. The van der Waals surface area contributed by atoms with Crippen molar-refractivity contribution in [2.45, 2.75) is 51.4 Å². The standard InChI is InChI=1S/C14H20F3N3O/c1-13(2,3)21-12-10(18)6-7-11(19-12)20(9-4-5-9)8-14(15,16)17/h6-7,9H,4-5,8,18H2,1-3H3. The number of aromatic nitrogens is 1. The summed E-state index contributed by atoms with van der Waals surface area (Å²) in [7, 11) is 0. The number of alkyl halides is 3. The molecule has 0 aliphatic heterocycles. The molecule has 0 amide bonds. The predicted molar refractivity (Wildman–Crippen MR) is 75.5 cm³/mol. The summed E-state index contributed by atoms with van der Waals surface area (Å²) in [6, 6.07) is 2.94. The van der Waals surface area contributed by atoms with Crippen LogP contribution in [0, 0.1) is 0 Å². The molecule has 1 saturated carbocycles. The maximum Gasteiger partial charge on any atom is 0.405 e. The summed E-state index contributed by atoms with van der Waals surface area (Å²) in [4.78, 5) is 5.45. The fourth-order valence-corrected chi connectivity index (χ4v) is 1.95. The Balaban J connectivity index is 2.27. The first-order valence-corrected chi connectivity index (χ1v) is 6.84. The van der Waals surface area contributed by atoms with E-state index in [4.69, 9.17) is 10.5 Å². The van der Waals surface area contributed by atoms with Gasteiger partial charge in [-0.25, -0.2) is 0 Å². The largest absolute Gasteiger partial charge is 0.470 e. The van der Waals surface area contributed by atoms with Crippen molar-refractivity contribution in [1.29, 1.82) is 0 Å². The second-order valence-electron chi connectivity index (χ2n) is 6.25. The summed E-state index contributed by atoms with van der Waals surface area (Å²) in [6.45, 7) is 4.48. The normalized spacial score (nSPS) is 15.9. The van der Waals surface area contributed by atoms with E-state index in [0.29, 0.717) is 5.69 Å². The molecule has 1 aliphatic carbocycles. The van der Waals surface area contributed by atoms with E-state index in [9.17, 15) is 13.2 Å². The van der Waals surface area contributed by atoms with Gasteiger partial charge in [0.05, 0.1) is 5.69 Å². The van der Waals surface area contributed by atoms with Gasteiger partial charge in [0.15, 0.2) is 0 Å². The average Bonchev–Trinajstić information content (AvgIpc) is 3.10. The molecule has 1 heterocycles. The molecule has 0 aromatic carbocycles. The van der Waals surface area contributed by atoms with Gasteiger partial charge in [-0.2, -0.15) is 18.2 Å². The second kappa shape index (κ2) is 5.27. The van der Waals surface area contributed by atoms with Crippen LogP contribution in [0.5, 0.6) is 5.88 Å². The second-order valence-corrected chi connectivity index (χ2v) is 6.25. The lowest BCUT2D eigenvalue weighted by atomic mass is 10.2. The molecular formula is C14H20F3N3O. The Labute approximate surface area is 122 Å². The molecule has 1 fully saturated rings. The van der Waals surface area contributed by atoms with Crippen molar-refractivity contribution in [2.75, 3.05) is 17.2 Å². The molecule has 2 rings (SSSR count). The fourth-order valence-electron chi connectivity index (χ4n) is 1.95. The smallest absolute Gasteiger partial charge is 0.405 e. The Morgan fingerprint density at radius 1 is 1.29 bits per heavy atom. The number of nitrogens with zero attached hydrogens (tertiary/aromatic N) is 2. The molecule has 1 aromatic heterocycles. The highest BCUT2D eigenvalue weighted by Gasteiger charge is 2.39. The fraction of sp³-hybridized carbons (Fsp3) is 0.643. The monoisotopic (exact) mass is 303 g/mol. The zero-order chi connectivity index (χ0) is 15.8. The van der Waals surface area contributed by atoms with Gasteiger partial charge in [0.1, 0.15) is 18.0 Å². The lowest BCUT2D eigenvalue weighted by Gasteiger charge is -2.27. The van der Waals surface area contributed by atoms with Crippen molar-refractivity contribution in [2.24, 2.45) is 0 Å². The number of hydrogen-bond acceptors (Lipinski definition) is 4. The van der Waals surface area contributed by atoms with Crippen LogP contribution in [-0.2, 0) is 0 Å². The topological polar surface area (TPSA) is 51.4 Å². The molecule has 4 nitrogen and oxygen atoms in total. The number of nitrogens with two attached hydrogens (primary N) is 1. The van der Waals surface area contributed by atoms with E-state index in [0.717, 1.165) is 12.8 Å². The minimum absolute atomic E-state index is 0.106. The zero-order valence-corrected chi connectivity index (χ0v) is 12.4. The highest BCUT2D eigenvalue weighted by Crippen LogP contribution is 2.35.